The Hall–Kier alpha value is -1.87. The molecule has 0 saturated heterocycles. The van der Waals surface area contributed by atoms with Crippen LogP contribution in [0.1, 0.15) is 42.5 Å². The van der Waals surface area contributed by atoms with Gasteiger partial charge in [-0.15, -0.1) is 0 Å². The Balaban J connectivity index is 1.89. The molecule has 3 rings (SSSR count). The molecule has 0 bridgehead atoms. The molecule has 116 valence electrons. The molecule has 1 aromatic carbocycles. The SMILES string of the molecule is Cc1ccccc1-n1cc(CNC2CCCC2)c(=O)cc1C. The highest BCUT2D eigenvalue weighted by Gasteiger charge is 2.15. The topological polar surface area (TPSA) is 34.0 Å². The average molecular weight is 296 g/mol. The van der Waals surface area contributed by atoms with Gasteiger partial charge in [-0.3, -0.25) is 4.79 Å². The molecule has 1 fully saturated rings. The number of aryl methyl sites for hydroxylation is 2. The van der Waals surface area contributed by atoms with Gasteiger partial charge in [-0.1, -0.05) is 31.0 Å². The van der Waals surface area contributed by atoms with Gasteiger partial charge in [-0.05, 0) is 38.3 Å². The summed E-state index contributed by atoms with van der Waals surface area (Å²) in [6, 6.07) is 10.6. The number of hydrogen-bond donors (Lipinski definition) is 1. The normalized spacial score (nSPS) is 15.4. The van der Waals surface area contributed by atoms with Crippen LogP contribution >= 0.6 is 0 Å². The van der Waals surface area contributed by atoms with Crippen LogP contribution in [-0.2, 0) is 6.54 Å². The van der Waals surface area contributed by atoms with E-state index in [-0.39, 0.29) is 5.43 Å². The van der Waals surface area contributed by atoms with Crippen molar-refractivity contribution in [3.63, 3.8) is 0 Å². The predicted molar refractivity (Wildman–Crippen MR) is 90.6 cm³/mol. The average Bonchev–Trinajstić information content (AvgIpc) is 3.01. The second-order valence-corrected chi connectivity index (χ2v) is 6.32. The molecule has 0 atom stereocenters. The summed E-state index contributed by atoms with van der Waals surface area (Å²) in [5.41, 5.74) is 4.31. The van der Waals surface area contributed by atoms with Crippen LogP contribution in [0.3, 0.4) is 0 Å². The second-order valence-electron chi connectivity index (χ2n) is 6.32. The summed E-state index contributed by atoms with van der Waals surface area (Å²) in [7, 11) is 0. The molecule has 1 heterocycles. The van der Waals surface area contributed by atoms with Gasteiger partial charge in [-0.25, -0.2) is 0 Å². The molecule has 0 amide bonds. The molecule has 1 aliphatic carbocycles. The molecule has 1 saturated carbocycles. The van der Waals surface area contributed by atoms with Gasteiger partial charge in [0, 0.05) is 41.8 Å². The van der Waals surface area contributed by atoms with E-state index in [0.29, 0.717) is 12.6 Å². The maximum Gasteiger partial charge on any atom is 0.186 e. The van der Waals surface area contributed by atoms with Gasteiger partial charge >= 0.3 is 0 Å². The lowest BCUT2D eigenvalue weighted by atomic mass is 10.1. The zero-order valence-electron chi connectivity index (χ0n) is 13.4. The van der Waals surface area contributed by atoms with Crippen molar-refractivity contribution in [3.05, 3.63) is 63.6 Å². The van der Waals surface area contributed by atoms with Crippen LogP contribution in [0.25, 0.3) is 5.69 Å². The number of aromatic nitrogens is 1. The van der Waals surface area contributed by atoms with Gasteiger partial charge in [0.1, 0.15) is 0 Å². The van der Waals surface area contributed by atoms with E-state index in [1.54, 1.807) is 6.07 Å². The first-order chi connectivity index (χ1) is 10.6. The van der Waals surface area contributed by atoms with Crippen LogP contribution in [0, 0.1) is 13.8 Å². The number of nitrogens with one attached hydrogen (secondary N) is 1. The number of nitrogens with zero attached hydrogens (tertiary/aromatic N) is 1. The van der Waals surface area contributed by atoms with Gasteiger partial charge in [0.15, 0.2) is 5.43 Å². The lowest BCUT2D eigenvalue weighted by molar-refractivity contribution is 0.522. The molecule has 0 spiro atoms. The number of benzene rings is 1. The minimum Gasteiger partial charge on any atom is -0.320 e. The second kappa shape index (κ2) is 6.49. The Kier molecular flexibility index (Phi) is 4.44. The minimum absolute atomic E-state index is 0.132. The summed E-state index contributed by atoms with van der Waals surface area (Å²) in [6.07, 6.45) is 7.08. The van der Waals surface area contributed by atoms with E-state index in [9.17, 15) is 4.79 Å². The molecule has 1 aliphatic rings. The molecule has 1 N–H and O–H groups in total. The molecule has 0 unspecified atom stereocenters. The van der Waals surface area contributed by atoms with Gasteiger partial charge in [-0.2, -0.15) is 0 Å². The third-order valence-corrected chi connectivity index (χ3v) is 4.63. The van der Waals surface area contributed by atoms with E-state index in [0.717, 1.165) is 16.9 Å². The molecule has 1 aromatic heterocycles. The summed E-state index contributed by atoms with van der Waals surface area (Å²) >= 11 is 0. The van der Waals surface area contributed by atoms with Crippen LogP contribution in [0.5, 0.6) is 0 Å². The smallest absolute Gasteiger partial charge is 0.186 e. The molecule has 2 aromatic rings. The molecular formula is C19H24N2O. The zero-order valence-corrected chi connectivity index (χ0v) is 13.4. The maximum atomic E-state index is 12.3. The van der Waals surface area contributed by atoms with Crippen molar-refractivity contribution in [2.45, 2.75) is 52.1 Å². The van der Waals surface area contributed by atoms with E-state index in [1.807, 2.05) is 25.3 Å². The van der Waals surface area contributed by atoms with Crippen LogP contribution in [-0.4, -0.2) is 10.6 Å². The molecule has 22 heavy (non-hydrogen) atoms. The Morgan fingerprint density at radius 3 is 2.64 bits per heavy atom. The molecule has 3 heteroatoms. The van der Waals surface area contributed by atoms with Crippen molar-refractivity contribution in [2.24, 2.45) is 0 Å². The first-order valence-corrected chi connectivity index (χ1v) is 8.17. The largest absolute Gasteiger partial charge is 0.320 e. The van der Waals surface area contributed by atoms with Crippen LogP contribution < -0.4 is 10.7 Å². The molecular weight excluding hydrogens is 272 g/mol. The van der Waals surface area contributed by atoms with E-state index >= 15 is 0 Å². The molecule has 3 nitrogen and oxygen atoms in total. The molecule has 0 radical (unpaired) electrons. The maximum absolute atomic E-state index is 12.3. The number of hydrogen-bond acceptors (Lipinski definition) is 2. The van der Waals surface area contributed by atoms with E-state index in [4.69, 9.17) is 0 Å². The Labute approximate surface area is 132 Å². The van der Waals surface area contributed by atoms with Crippen molar-refractivity contribution in [2.75, 3.05) is 0 Å². The highest BCUT2D eigenvalue weighted by Crippen LogP contribution is 2.18. The van der Waals surface area contributed by atoms with Gasteiger partial charge in [0.05, 0.1) is 0 Å². The lowest BCUT2D eigenvalue weighted by Crippen LogP contribution is -2.28. The quantitative estimate of drug-likeness (QED) is 0.937. The summed E-state index contributed by atoms with van der Waals surface area (Å²) in [5, 5.41) is 3.54. The van der Waals surface area contributed by atoms with E-state index in [2.05, 4.69) is 28.9 Å². The van der Waals surface area contributed by atoms with E-state index < -0.39 is 0 Å². The summed E-state index contributed by atoms with van der Waals surface area (Å²) < 4.78 is 2.13. The first kappa shape index (κ1) is 15.0. The van der Waals surface area contributed by atoms with Crippen LogP contribution in [0.4, 0.5) is 0 Å². The highest BCUT2D eigenvalue weighted by molar-refractivity contribution is 5.42. The lowest BCUT2D eigenvalue weighted by Gasteiger charge is -2.16. The van der Waals surface area contributed by atoms with Crippen molar-refractivity contribution < 1.29 is 0 Å². The van der Waals surface area contributed by atoms with Gasteiger partial charge in [0.25, 0.3) is 0 Å². The summed E-state index contributed by atoms with van der Waals surface area (Å²) in [5.74, 6) is 0. The predicted octanol–water partition coefficient (Wildman–Crippen LogP) is 3.49. The minimum atomic E-state index is 0.132. The van der Waals surface area contributed by atoms with Crippen molar-refractivity contribution in [1.82, 2.24) is 9.88 Å². The standard InChI is InChI=1S/C19H24N2O/c1-14-7-3-6-10-18(14)21-13-16(19(22)11-15(21)2)12-20-17-8-4-5-9-17/h3,6-7,10-11,13,17,20H,4-5,8-9,12H2,1-2H3. The zero-order chi connectivity index (χ0) is 15.5. The Morgan fingerprint density at radius 2 is 1.91 bits per heavy atom. The van der Waals surface area contributed by atoms with Crippen LogP contribution in [0.2, 0.25) is 0 Å². The van der Waals surface area contributed by atoms with Crippen molar-refractivity contribution in [3.8, 4) is 5.69 Å². The molecule has 0 aliphatic heterocycles. The number of pyridine rings is 1. The third-order valence-electron chi connectivity index (χ3n) is 4.63. The highest BCUT2D eigenvalue weighted by atomic mass is 16.1. The monoisotopic (exact) mass is 296 g/mol. The Bertz CT molecular complexity index is 712. The third kappa shape index (κ3) is 3.14. The summed E-state index contributed by atoms with van der Waals surface area (Å²) in [4.78, 5) is 12.3. The first-order valence-electron chi connectivity index (χ1n) is 8.17. The fourth-order valence-corrected chi connectivity index (χ4v) is 3.28. The van der Waals surface area contributed by atoms with Crippen molar-refractivity contribution in [1.29, 1.82) is 0 Å². The van der Waals surface area contributed by atoms with Crippen molar-refractivity contribution >= 4 is 0 Å². The Morgan fingerprint density at radius 1 is 1.18 bits per heavy atom. The van der Waals surface area contributed by atoms with Gasteiger partial charge < -0.3 is 9.88 Å². The van der Waals surface area contributed by atoms with Crippen LogP contribution in [0.15, 0.2) is 41.3 Å². The number of rotatable bonds is 4. The van der Waals surface area contributed by atoms with E-state index in [1.165, 1.54) is 31.2 Å². The summed E-state index contributed by atoms with van der Waals surface area (Å²) in [6.45, 7) is 4.75. The fourth-order valence-electron chi connectivity index (χ4n) is 3.28. The number of para-hydroxylation sites is 1. The fraction of sp³-hybridized carbons (Fsp3) is 0.421. The van der Waals surface area contributed by atoms with Gasteiger partial charge in [0.2, 0.25) is 0 Å².